The molecular formula is C9H12F3N5O2S. The largest absolute Gasteiger partial charge is 0.396 e. The van der Waals surface area contributed by atoms with Crippen LogP contribution in [0.1, 0.15) is 25.2 Å². The van der Waals surface area contributed by atoms with Gasteiger partial charge in [0.2, 0.25) is 0 Å². The zero-order chi connectivity index (χ0) is 15.3. The van der Waals surface area contributed by atoms with E-state index in [0.29, 0.717) is 0 Å². The number of nitrogens with one attached hydrogen (secondary N) is 2. The van der Waals surface area contributed by atoms with Crippen molar-refractivity contribution in [2.45, 2.75) is 37.7 Å². The molecule has 2 rings (SSSR count). The van der Waals surface area contributed by atoms with Crippen LogP contribution in [0.25, 0.3) is 0 Å². The van der Waals surface area contributed by atoms with Crippen LogP contribution in [0.2, 0.25) is 0 Å². The number of aromatic amines is 1. The van der Waals surface area contributed by atoms with E-state index in [1.807, 2.05) is 5.21 Å². The molecule has 0 radical (unpaired) electrons. The molecule has 1 atom stereocenters. The minimum atomic E-state index is -5.35. The minimum absolute atomic E-state index is 0.292. The van der Waals surface area contributed by atoms with Crippen molar-refractivity contribution in [1.82, 2.24) is 20.8 Å². The van der Waals surface area contributed by atoms with Crippen LogP contribution in [0.15, 0.2) is 5.10 Å². The number of hydrogen-bond acceptors (Lipinski definition) is 6. The first kappa shape index (κ1) is 14.8. The van der Waals surface area contributed by atoms with Crippen molar-refractivity contribution >= 4 is 14.9 Å². The molecule has 1 aliphatic heterocycles. The van der Waals surface area contributed by atoms with Gasteiger partial charge < -0.3 is 5.43 Å². The van der Waals surface area contributed by atoms with E-state index in [-0.39, 0.29) is 5.69 Å². The lowest BCUT2D eigenvalue weighted by Crippen LogP contribution is -2.45. The van der Waals surface area contributed by atoms with E-state index in [9.17, 15) is 21.6 Å². The summed E-state index contributed by atoms with van der Waals surface area (Å²) in [5.74, 6) is 0. The molecule has 0 amide bonds. The van der Waals surface area contributed by atoms with E-state index in [1.54, 1.807) is 0 Å². The molecule has 0 bridgehead atoms. The summed E-state index contributed by atoms with van der Waals surface area (Å²) >= 11 is 0. The van der Waals surface area contributed by atoms with Gasteiger partial charge in [0.15, 0.2) is 16.9 Å². The molecule has 1 aromatic heterocycles. The van der Waals surface area contributed by atoms with E-state index < -0.39 is 37.5 Å². The first-order valence-electron chi connectivity index (χ1n) is 5.51. The number of nitrogens with zero attached hydrogens (tertiary/aromatic N) is 3. The summed E-state index contributed by atoms with van der Waals surface area (Å²) in [4.78, 5) is 0. The molecule has 11 heteroatoms. The summed E-state index contributed by atoms with van der Waals surface area (Å²) in [7, 11) is -5.35. The van der Waals surface area contributed by atoms with Crippen molar-refractivity contribution in [3.63, 3.8) is 0 Å². The van der Waals surface area contributed by atoms with Gasteiger partial charge in [0.25, 0.3) is 9.84 Å². The Morgan fingerprint density at radius 3 is 2.30 bits per heavy atom. The Labute approximate surface area is 112 Å². The molecule has 0 saturated heterocycles. The molecular weight excluding hydrogens is 299 g/mol. The highest BCUT2D eigenvalue weighted by atomic mass is 32.2. The summed E-state index contributed by atoms with van der Waals surface area (Å²) in [6.45, 7) is 3.78. The lowest BCUT2D eigenvalue weighted by Gasteiger charge is -2.21. The minimum Gasteiger partial charge on any atom is -0.300 e. The number of aromatic nitrogens is 3. The van der Waals surface area contributed by atoms with Gasteiger partial charge in [-0.2, -0.15) is 29.3 Å². The molecule has 0 spiro atoms. The van der Waals surface area contributed by atoms with Crippen LogP contribution in [0.4, 0.5) is 13.2 Å². The first-order chi connectivity index (χ1) is 9.02. The smallest absolute Gasteiger partial charge is 0.300 e. The van der Waals surface area contributed by atoms with Crippen LogP contribution in [0, 0.1) is 6.92 Å². The number of alkyl halides is 3. The monoisotopic (exact) mass is 311 g/mol. The Kier molecular flexibility index (Phi) is 3.08. The topological polar surface area (TPSA) is 100 Å². The molecule has 1 unspecified atom stereocenters. The quantitative estimate of drug-likeness (QED) is 0.833. The van der Waals surface area contributed by atoms with E-state index in [2.05, 4.69) is 20.7 Å². The Balaban J connectivity index is 2.50. The van der Waals surface area contributed by atoms with Crippen molar-refractivity contribution in [2.75, 3.05) is 0 Å². The number of sulfone groups is 1. The van der Waals surface area contributed by atoms with Crippen molar-refractivity contribution < 1.29 is 21.6 Å². The highest BCUT2D eigenvalue weighted by Gasteiger charge is 2.58. The van der Waals surface area contributed by atoms with Gasteiger partial charge in [-0.3, -0.25) is 0 Å². The van der Waals surface area contributed by atoms with Gasteiger partial charge >= 0.3 is 5.25 Å². The third-order valence-corrected chi connectivity index (χ3v) is 4.63. The second-order valence-corrected chi connectivity index (χ2v) is 6.86. The maximum Gasteiger partial charge on any atom is 0.396 e. The van der Waals surface area contributed by atoms with E-state index in [4.69, 9.17) is 0 Å². The fourth-order valence-electron chi connectivity index (χ4n) is 1.64. The maximum atomic E-state index is 14.1. The summed E-state index contributed by atoms with van der Waals surface area (Å²) in [5.41, 5.74) is -0.551. The van der Waals surface area contributed by atoms with E-state index in [1.165, 1.54) is 13.8 Å². The standard InChI is InChI=1S/C9H12F3N5O2S/c1-4-6(14-17-13-4)9(11,12)20(18,19)7-5(10)8(2,3)16-15-7/h5,16H,1-3H3,(H,13,14,17). The molecule has 20 heavy (non-hydrogen) atoms. The SMILES string of the molecule is Cc1n[nH]nc1C(F)(F)S(=O)(=O)C1=NNC(C)(C)C1F. The Hall–Kier alpha value is -1.65. The van der Waals surface area contributed by atoms with Gasteiger partial charge in [-0.15, -0.1) is 0 Å². The van der Waals surface area contributed by atoms with Crippen LogP contribution in [-0.2, 0) is 15.1 Å². The van der Waals surface area contributed by atoms with Crippen LogP contribution in [0.5, 0.6) is 0 Å². The number of aryl methyl sites for hydroxylation is 1. The van der Waals surface area contributed by atoms with Gasteiger partial charge in [0.1, 0.15) is 0 Å². The average Bonchev–Trinajstić information content (AvgIpc) is 2.85. The number of rotatable bonds is 2. The highest BCUT2D eigenvalue weighted by molar-refractivity contribution is 8.07. The molecule has 1 aromatic rings. The zero-order valence-corrected chi connectivity index (χ0v) is 11.6. The van der Waals surface area contributed by atoms with Crippen molar-refractivity contribution in [2.24, 2.45) is 5.10 Å². The Morgan fingerprint density at radius 2 is 1.90 bits per heavy atom. The Bertz CT molecular complexity index is 667. The first-order valence-corrected chi connectivity index (χ1v) is 6.99. The van der Waals surface area contributed by atoms with Gasteiger partial charge in [-0.1, -0.05) is 0 Å². The van der Waals surface area contributed by atoms with Crippen LogP contribution < -0.4 is 5.43 Å². The van der Waals surface area contributed by atoms with Gasteiger partial charge in [-0.05, 0) is 20.8 Å². The van der Waals surface area contributed by atoms with Gasteiger partial charge in [-0.25, -0.2) is 12.8 Å². The fourth-order valence-corrected chi connectivity index (χ4v) is 3.08. The average molecular weight is 311 g/mol. The predicted octanol–water partition coefficient (Wildman–Crippen LogP) is 0.611. The number of H-pyrrole nitrogens is 1. The molecule has 0 fully saturated rings. The summed E-state index contributed by atoms with van der Waals surface area (Å²) in [5, 5.41) is 5.92. The fraction of sp³-hybridized carbons (Fsp3) is 0.667. The third-order valence-electron chi connectivity index (χ3n) is 2.92. The molecule has 7 nitrogen and oxygen atoms in total. The van der Waals surface area contributed by atoms with Crippen molar-refractivity contribution in [1.29, 1.82) is 0 Å². The van der Waals surface area contributed by atoms with Crippen molar-refractivity contribution in [3.05, 3.63) is 11.4 Å². The normalized spacial score (nSPS) is 22.5. The molecule has 0 aliphatic carbocycles. The zero-order valence-electron chi connectivity index (χ0n) is 10.8. The molecule has 2 heterocycles. The number of hydrogen-bond donors (Lipinski definition) is 2. The van der Waals surface area contributed by atoms with Crippen molar-refractivity contribution in [3.8, 4) is 0 Å². The molecule has 1 aliphatic rings. The Morgan fingerprint density at radius 1 is 1.30 bits per heavy atom. The molecule has 112 valence electrons. The molecule has 0 aromatic carbocycles. The molecule has 2 N–H and O–H groups in total. The number of hydrazone groups is 1. The van der Waals surface area contributed by atoms with Gasteiger partial charge in [0.05, 0.1) is 11.2 Å². The van der Waals surface area contributed by atoms with E-state index in [0.717, 1.165) is 6.92 Å². The number of halogens is 3. The predicted molar refractivity (Wildman–Crippen MR) is 63.5 cm³/mol. The lowest BCUT2D eigenvalue weighted by molar-refractivity contribution is 0.0869. The second-order valence-electron chi connectivity index (χ2n) is 4.92. The summed E-state index contributed by atoms with van der Waals surface area (Å²) < 4.78 is 66.1. The molecule has 0 saturated carbocycles. The summed E-state index contributed by atoms with van der Waals surface area (Å²) in [6, 6.07) is 0. The van der Waals surface area contributed by atoms with Crippen LogP contribution >= 0.6 is 0 Å². The summed E-state index contributed by atoms with van der Waals surface area (Å²) in [6.07, 6.45) is -2.19. The van der Waals surface area contributed by atoms with E-state index >= 15 is 0 Å². The second kappa shape index (κ2) is 4.17. The third kappa shape index (κ3) is 1.87. The van der Waals surface area contributed by atoms with Gasteiger partial charge in [0, 0.05) is 0 Å². The van der Waals surface area contributed by atoms with Crippen LogP contribution in [-0.4, -0.2) is 40.6 Å². The maximum absolute atomic E-state index is 14.1. The van der Waals surface area contributed by atoms with Crippen LogP contribution in [0.3, 0.4) is 0 Å². The highest BCUT2D eigenvalue weighted by Crippen LogP contribution is 2.38. The lowest BCUT2D eigenvalue weighted by atomic mass is 10.0.